The van der Waals surface area contributed by atoms with E-state index >= 15 is 0 Å². The standard InChI is InChI=1S/C23H20ClN3O2/c24-15-6-3-5-14(11-15)21-22-18(17-8-1-2-9-19(17)26-22)12-20(27-21)23(28)25-13-16-7-4-10-29-16/h1-3,5-6,8-9,11-12,16,26H,4,7,10,13H2,(H,25,28)/t16-/m0/s1. The number of carbonyl (C=O) groups is 1. The van der Waals surface area contributed by atoms with Crippen LogP contribution in [0.15, 0.2) is 54.6 Å². The predicted molar refractivity (Wildman–Crippen MR) is 115 cm³/mol. The second-order valence-electron chi connectivity index (χ2n) is 7.30. The van der Waals surface area contributed by atoms with Gasteiger partial charge in [-0.15, -0.1) is 0 Å². The Morgan fingerprint density at radius 2 is 2.07 bits per heavy atom. The van der Waals surface area contributed by atoms with E-state index in [2.05, 4.69) is 10.3 Å². The second kappa shape index (κ2) is 7.50. The van der Waals surface area contributed by atoms with Gasteiger partial charge in [0, 0.05) is 40.0 Å². The fourth-order valence-electron chi connectivity index (χ4n) is 3.91. The summed E-state index contributed by atoms with van der Waals surface area (Å²) in [6.07, 6.45) is 2.10. The monoisotopic (exact) mass is 405 g/mol. The summed E-state index contributed by atoms with van der Waals surface area (Å²) in [5.41, 5.74) is 3.86. The molecule has 5 nitrogen and oxygen atoms in total. The second-order valence-corrected chi connectivity index (χ2v) is 7.74. The molecule has 1 saturated heterocycles. The number of hydrogen-bond donors (Lipinski definition) is 2. The largest absolute Gasteiger partial charge is 0.376 e. The van der Waals surface area contributed by atoms with Crippen LogP contribution in [0.3, 0.4) is 0 Å². The summed E-state index contributed by atoms with van der Waals surface area (Å²) in [7, 11) is 0. The van der Waals surface area contributed by atoms with Gasteiger partial charge >= 0.3 is 0 Å². The summed E-state index contributed by atoms with van der Waals surface area (Å²) in [6.45, 7) is 1.26. The molecule has 0 radical (unpaired) electrons. The number of aromatic nitrogens is 2. The van der Waals surface area contributed by atoms with Gasteiger partial charge < -0.3 is 15.0 Å². The molecule has 2 aromatic heterocycles. The minimum Gasteiger partial charge on any atom is -0.376 e. The third-order valence-electron chi connectivity index (χ3n) is 5.34. The molecule has 2 N–H and O–H groups in total. The Balaban J connectivity index is 1.62. The Bertz CT molecular complexity index is 1210. The van der Waals surface area contributed by atoms with Crippen molar-refractivity contribution in [3.63, 3.8) is 0 Å². The summed E-state index contributed by atoms with van der Waals surface area (Å²) in [4.78, 5) is 21.0. The van der Waals surface area contributed by atoms with Crippen LogP contribution in [-0.4, -0.2) is 35.1 Å². The smallest absolute Gasteiger partial charge is 0.270 e. The maximum Gasteiger partial charge on any atom is 0.270 e. The van der Waals surface area contributed by atoms with Crippen molar-refractivity contribution >= 4 is 39.3 Å². The van der Waals surface area contributed by atoms with E-state index in [9.17, 15) is 4.79 Å². The Kier molecular flexibility index (Phi) is 4.70. The lowest BCUT2D eigenvalue weighted by Gasteiger charge is -2.12. The first-order chi connectivity index (χ1) is 14.2. The predicted octanol–water partition coefficient (Wildman–Crippen LogP) is 4.95. The number of fused-ring (bicyclic) bond motifs is 3. The molecule has 0 saturated carbocycles. The molecular formula is C23H20ClN3O2. The van der Waals surface area contributed by atoms with Gasteiger partial charge in [-0.3, -0.25) is 4.79 Å². The molecule has 1 aliphatic rings. The molecule has 146 valence electrons. The van der Waals surface area contributed by atoms with Gasteiger partial charge in [0.1, 0.15) is 5.69 Å². The maximum absolute atomic E-state index is 12.9. The molecule has 1 amide bonds. The lowest BCUT2D eigenvalue weighted by atomic mass is 10.1. The lowest BCUT2D eigenvalue weighted by molar-refractivity contribution is 0.0854. The zero-order valence-electron chi connectivity index (χ0n) is 15.7. The number of ether oxygens (including phenoxy) is 1. The van der Waals surface area contributed by atoms with Crippen LogP contribution < -0.4 is 5.32 Å². The Morgan fingerprint density at radius 1 is 1.17 bits per heavy atom. The first-order valence-electron chi connectivity index (χ1n) is 9.76. The van der Waals surface area contributed by atoms with Gasteiger partial charge in [0.05, 0.1) is 17.3 Å². The van der Waals surface area contributed by atoms with Gasteiger partial charge in [0.2, 0.25) is 0 Å². The summed E-state index contributed by atoms with van der Waals surface area (Å²) >= 11 is 6.22. The van der Waals surface area contributed by atoms with E-state index in [-0.39, 0.29) is 12.0 Å². The fourth-order valence-corrected chi connectivity index (χ4v) is 4.10. The summed E-state index contributed by atoms with van der Waals surface area (Å²) in [5.74, 6) is -0.198. The van der Waals surface area contributed by atoms with Crippen LogP contribution in [0.25, 0.3) is 33.1 Å². The molecule has 0 unspecified atom stereocenters. The first kappa shape index (κ1) is 18.2. The highest BCUT2D eigenvalue weighted by Crippen LogP contribution is 2.33. The van der Waals surface area contributed by atoms with Crippen LogP contribution >= 0.6 is 11.6 Å². The van der Waals surface area contributed by atoms with E-state index in [0.717, 1.165) is 46.8 Å². The zero-order chi connectivity index (χ0) is 19.8. The number of amides is 1. The molecule has 5 rings (SSSR count). The van der Waals surface area contributed by atoms with E-state index in [0.29, 0.717) is 23.0 Å². The molecule has 3 heterocycles. The third-order valence-corrected chi connectivity index (χ3v) is 5.58. The van der Waals surface area contributed by atoms with Crippen LogP contribution in [0.5, 0.6) is 0 Å². The number of hydrogen-bond acceptors (Lipinski definition) is 3. The van der Waals surface area contributed by atoms with Crippen LogP contribution in [0.4, 0.5) is 0 Å². The quantitative estimate of drug-likeness (QED) is 0.505. The Morgan fingerprint density at radius 3 is 2.90 bits per heavy atom. The number of pyridine rings is 1. The number of carbonyl (C=O) groups excluding carboxylic acids is 1. The average Bonchev–Trinajstić information content (AvgIpc) is 3.39. The van der Waals surface area contributed by atoms with E-state index in [1.165, 1.54) is 0 Å². The van der Waals surface area contributed by atoms with Crippen molar-refractivity contribution < 1.29 is 9.53 Å². The van der Waals surface area contributed by atoms with Gasteiger partial charge in [-0.25, -0.2) is 4.98 Å². The highest BCUT2D eigenvalue weighted by molar-refractivity contribution is 6.31. The molecule has 4 aromatic rings. The normalized spacial score (nSPS) is 16.5. The zero-order valence-corrected chi connectivity index (χ0v) is 16.5. The van der Waals surface area contributed by atoms with Crippen LogP contribution in [0.1, 0.15) is 23.3 Å². The molecule has 1 aliphatic heterocycles. The lowest BCUT2D eigenvalue weighted by Crippen LogP contribution is -2.32. The summed E-state index contributed by atoms with van der Waals surface area (Å²) in [6, 6.07) is 17.4. The van der Waals surface area contributed by atoms with Crippen LogP contribution in [0.2, 0.25) is 5.02 Å². The topological polar surface area (TPSA) is 67.0 Å². The number of nitrogens with zero attached hydrogens (tertiary/aromatic N) is 1. The highest BCUT2D eigenvalue weighted by Gasteiger charge is 2.20. The van der Waals surface area contributed by atoms with Gasteiger partial charge in [0.15, 0.2) is 0 Å². The van der Waals surface area contributed by atoms with Gasteiger partial charge in [-0.05, 0) is 37.1 Å². The number of benzene rings is 2. The molecule has 6 heteroatoms. The van der Waals surface area contributed by atoms with Gasteiger partial charge in [-0.2, -0.15) is 0 Å². The molecule has 1 atom stereocenters. The van der Waals surface area contributed by atoms with E-state index < -0.39 is 0 Å². The van der Waals surface area contributed by atoms with Crippen LogP contribution in [-0.2, 0) is 4.74 Å². The number of H-pyrrole nitrogens is 1. The Labute approximate surface area is 173 Å². The SMILES string of the molecule is O=C(NC[C@@H]1CCCO1)c1cc2c([nH]c3ccccc32)c(-c2cccc(Cl)c2)n1. The molecule has 29 heavy (non-hydrogen) atoms. The van der Waals surface area contributed by atoms with Gasteiger partial charge in [0.25, 0.3) is 5.91 Å². The molecule has 0 aliphatic carbocycles. The van der Waals surface area contributed by atoms with Crippen molar-refractivity contribution in [2.75, 3.05) is 13.2 Å². The molecule has 1 fully saturated rings. The maximum atomic E-state index is 12.9. The fraction of sp³-hybridized carbons (Fsp3) is 0.217. The number of nitrogens with one attached hydrogen (secondary N) is 2. The number of rotatable bonds is 4. The van der Waals surface area contributed by atoms with Crippen molar-refractivity contribution in [1.29, 1.82) is 0 Å². The van der Waals surface area contributed by atoms with E-state index in [4.69, 9.17) is 21.3 Å². The summed E-state index contributed by atoms with van der Waals surface area (Å²) in [5, 5.41) is 5.62. The minimum atomic E-state index is -0.198. The van der Waals surface area contributed by atoms with Crippen molar-refractivity contribution in [2.24, 2.45) is 0 Å². The number of halogens is 1. The van der Waals surface area contributed by atoms with E-state index in [1.807, 2.05) is 54.6 Å². The van der Waals surface area contributed by atoms with Crippen molar-refractivity contribution in [1.82, 2.24) is 15.3 Å². The van der Waals surface area contributed by atoms with Crippen molar-refractivity contribution in [3.05, 3.63) is 65.3 Å². The Hall–Kier alpha value is -2.89. The van der Waals surface area contributed by atoms with Crippen LogP contribution in [0, 0.1) is 0 Å². The molecule has 0 bridgehead atoms. The van der Waals surface area contributed by atoms with Crippen molar-refractivity contribution in [3.8, 4) is 11.3 Å². The number of para-hydroxylation sites is 1. The highest BCUT2D eigenvalue weighted by atomic mass is 35.5. The first-order valence-corrected chi connectivity index (χ1v) is 10.1. The van der Waals surface area contributed by atoms with E-state index in [1.54, 1.807) is 0 Å². The molecule has 0 spiro atoms. The molecular weight excluding hydrogens is 386 g/mol. The third kappa shape index (κ3) is 3.48. The molecule has 2 aromatic carbocycles. The van der Waals surface area contributed by atoms with Crippen molar-refractivity contribution in [2.45, 2.75) is 18.9 Å². The summed E-state index contributed by atoms with van der Waals surface area (Å²) < 4.78 is 5.61. The average molecular weight is 406 g/mol. The van der Waals surface area contributed by atoms with Gasteiger partial charge in [-0.1, -0.05) is 41.9 Å². The number of aromatic amines is 1. The minimum absolute atomic E-state index is 0.0863.